The van der Waals surface area contributed by atoms with E-state index in [9.17, 15) is 9.18 Å². The molecule has 0 saturated carbocycles. The fraction of sp³-hybridized carbons (Fsp3) is 0.357. The summed E-state index contributed by atoms with van der Waals surface area (Å²) in [6.45, 7) is 2.59. The van der Waals surface area contributed by atoms with Crippen LogP contribution in [0, 0.1) is 5.82 Å². The number of nitrogens with zero attached hydrogens (tertiary/aromatic N) is 4. The molecule has 112 valence electrons. The highest BCUT2D eigenvalue weighted by Gasteiger charge is 2.19. The average Bonchev–Trinajstić information content (AvgIpc) is 2.93. The summed E-state index contributed by atoms with van der Waals surface area (Å²) in [7, 11) is 1.67. The maximum absolute atomic E-state index is 13.1. The Morgan fingerprint density at radius 3 is 2.95 bits per heavy atom. The summed E-state index contributed by atoms with van der Waals surface area (Å²) in [4.78, 5) is 13.7. The number of halogens is 1. The Kier molecular flexibility index (Phi) is 4.64. The smallest absolute Gasteiger partial charge is 0.276 e. The molecule has 1 heterocycles. The normalized spacial score (nSPS) is 12.2. The SMILES string of the molecule is CC(CN)N(C)C(=O)c1cn(Cc2cccc(F)c2)nn1. The van der Waals surface area contributed by atoms with Gasteiger partial charge in [0.2, 0.25) is 0 Å². The second kappa shape index (κ2) is 6.45. The van der Waals surface area contributed by atoms with Gasteiger partial charge in [0, 0.05) is 19.6 Å². The van der Waals surface area contributed by atoms with Gasteiger partial charge in [-0.05, 0) is 24.6 Å². The number of amides is 1. The molecule has 0 bridgehead atoms. The summed E-state index contributed by atoms with van der Waals surface area (Å²) in [5, 5.41) is 7.75. The number of aromatic nitrogens is 3. The van der Waals surface area contributed by atoms with Gasteiger partial charge in [-0.3, -0.25) is 4.79 Å². The molecular weight excluding hydrogens is 273 g/mol. The van der Waals surface area contributed by atoms with Crippen LogP contribution in [0.1, 0.15) is 23.0 Å². The quantitative estimate of drug-likeness (QED) is 0.887. The molecule has 2 aromatic rings. The first-order chi connectivity index (χ1) is 10.0. The van der Waals surface area contributed by atoms with Crippen molar-refractivity contribution in [1.82, 2.24) is 19.9 Å². The molecule has 7 heteroatoms. The second-order valence-corrected chi connectivity index (χ2v) is 4.93. The summed E-state index contributed by atoms with van der Waals surface area (Å²) in [6, 6.07) is 6.14. The number of rotatable bonds is 5. The molecule has 0 aliphatic carbocycles. The molecule has 0 aliphatic heterocycles. The fourth-order valence-corrected chi connectivity index (χ4v) is 1.84. The summed E-state index contributed by atoms with van der Waals surface area (Å²) in [6.07, 6.45) is 1.55. The van der Waals surface area contributed by atoms with Crippen LogP contribution in [0.4, 0.5) is 4.39 Å². The van der Waals surface area contributed by atoms with Gasteiger partial charge < -0.3 is 10.6 Å². The van der Waals surface area contributed by atoms with E-state index in [0.29, 0.717) is 13.1 Å². The lowest BCUT2D eigenvalue weighted by molar-refractivity contribution is 0.0742. The molecule has 2 rings (SSSR count). The molecule has 1 aromatic heterocycles. The van der Waals surface area contributed by atoms with Crippen LogP contribution in [0.3, 0.4) is 0 Å². The lowest BCUT2D eigenvalue weighted by Gasteiger charge is -2.22. The molecule has 0 spiro atoms. The molecule has 0 aliphatic rings. The van der Waals surface area contributed by atoms with Crippen molar-refractivity contribution >= 4 is 5.91 Å². The van der Waals surface area contributed by atoms with Gasteiger partial charge in [-0.1, -0.05) is 17.3 Å². The standard InChI is InChI=1S/C14H18FN5O/c1-10(7-16)19(2)14(21)13-9-20(18-17-13)8-11-4-3-5-12(15)6-11/h3-6,9-10H,7-8,16H2,1-2H3. The van der Waals surface area contributed by atoms with Crippen molar-refractivity contribution in [1.29, 1.82) is 0 Å². The van der Waals surface area contributed by atoms with E-state index in [1.165, 1.54) is 21.7 Å². The molecule has 21 heavy (non-hydrogen) atoms. The van der Waals surface area contributed by atoms with Crippen molar-refractivity contribution in [2.24, 2.45) is 5.73 Å². The molecule has 1 atom stereocenters. The lowest BCUT2D eigenvalue weighted by Crippen LogP contribution is -2.39. The summed E-state index contributed by atoms with van der Waals surface area (Å²) >= 11 is 0. The predicted molar refractivity (Wildman–Crippen MR) is 76.1 cm³/mol. The second-order valence-electron chi connectivity index (χ2n) is 4.93. The van der Waals surface area contributed by atoms with E-state index in [2.05, 4.69) is 10.3 Å². The lowest BCUT2D eigenvalue weighted by atomic mass is 10.2. The highest BCUT2D eigenvalue weighted by atomic mass is 19.1. The van der Waals surface area contributed by atoms with Crippen molar-refractivity contribution in [2.45, 2.75) is 19.5 Å². The van der Waals surface area contributed by atoms with Crippen LogP contribution in [-0.2, 0) is 6.54 Å². The van der Waals surface area contributed by atoms with Crippen LogP contribution in [0.2, 0.25) is 0 Å². The zero-order valence-corrected chi connectivity index (χ0v) is 12.0. The highest BCUT2D eigenvalue weighted by molar-refractivity contribution is 5.91. The number of carbonyl (C=O) groups excluding carboxylic acids is 1. The van der Waals surface area contributed by atoms with Crippen molar-refractivity contribution in [3.63, 3.8) is 0 Å². The number of likely N-dealkylation sites (N-methyl/N-ethyl adjacent to an activating group) is 1. The maximum Gasteiger partial charge on any atom is 0.276 e. The van der Waals surface area contributed by atoms with Crippen LogP contribution in [0.25, 0.3) is 0 Å². The van der Waals surface area contributed by atoms with Crippen molar-refractivity contribution in [3.05, 3.63) is 47.5 Å². The number of benzene rings is 1. The van der Waals surface area contributed by atoms with Crippen LogP contribution >= 0.6 is 0 Å². The number of nitrogens with two attached hydrogens (primary N) is 1. The number of hydrogen-bond acceptors (Lipinski definition) is 4. The van der Waals surface area contributed by atoms with Gasteiger partial charge in [0.15, 0.2) is 5.69 Å². The van der Waals surface area contributed by atoms with E-state index >= 15 is 0 Å². The van der Waals surface area contributed by atoms with Crippen LogP contribution in [0.5, 0.6) is 0 Å². The monoisotopic (exact) mass is 291 g/mol. The minimum Gasteiger partial charge on any atom is -0.336 e. The van der Waals surface area contributed by atoms with Crippen LogP contribution < -0.4 is 5.73 Å². The third kappa shape index (κ3) is 3.63. The van der Waals surface area contributed by atoms with Gasteiger partial charge in [-0.2, -0.15) is 0 Å². The average molecular weight is 291 g/mol. The molecule has 2 N–H and O–H groups in total. The van der Waals surface area contributed by atoms with E-state index in [1.807, 2.05) is 6.92 Å². The van der Waals surface area contributed by atoms with Crippen molar-refractivity contribution in [2.75, 3.05) is 13.6 Å². The van der Waals surface area contributed by atoms with E-state index in [-0.39, 0.29) is 23.5 Å². The topological polar surface area (TPSA) is 77.0 Å². The Balaban J connectivity index is 2.09. The molecule has 1 aromatic carbocycles. The van der Waals surface area contributed by atoms with Gasteiger partial charge in [0.25, 0.3) is 5.91 Å². The van der Waals surface area contributed by atoms with Gasteiger partial charge in [0.1, 0.15) is 5.82 Å². The van der Waals surface area contributed by atoms with Crippen LogP contribution in [0.15, 0.2) is 30.5 Å². The first-order valence-electron chi connectivity index (χ1n) is 6.63. The van der Waals surface area contributed by atoms with E-state index < -0.39 is 0 Å². The fourth-order valence-electron chi connectivity index (χ4n) is 1.84. The van der Waals surface area contributed by atoms with E-state index in [0.717, 1.165) is 5.56 Å². The number of hydrogen-bond donors (Lipinski definition) is 1. The predicted octanol–water partition coefficient (Wildman–Crippen LogP) is 0.885. The Morgan fingerprint density at radius 1 is 1.52 bits per heavy atom. The molecule has 0 saturated heterocycles. The minimum absolute atomic E-state index is 0.0779. The Hall–Kier alpha value is -2.28. The first-order valence-corrected chi connectivity index (χ1v) is 6.63. The van der Waals surface area contributed by atoms with Gasteiger partial charge in [-0.15, -0.1) is 5.10 Å². The van der Waals surface area contributed by atoms with Crippen molar-refractivity contribution < 1.29 is 9.18 Å². The molecule has 0 fully saturated rings. The van der Waals surface area contributed by atoms with E-state index in [4.69, 9.17) is 5.73 Å². The zero-order chi connectivity index (χ0) is 15.4. The van der Waals surface area contributed by atoms with E-state index in [1.54, 1.807) is 25.4 Å². The third-order valence-corrected chi connectivity index (χ3v) is 3.31. The third-order valence-electron chi connectivity index (χ3n) is 3.31. The maximum atomic E-state index is 13.1. The van der Waals surface area contributed by atoms with Gasteiger partial charge in [0.05, 0.1) is 12.7 Å². The molecular formula is C14H18FN5O. The van der Waals surface area contributed by atoms with Crippen molar-refractivity contribution in [3.8, 4) is 0 Å². The van der Waals surface area contributed by atoms with Crippen LogP contribution in [-0.4, -0.2) is 45.4 Å². The van der Waals surface area contributed by atoms with Gasteiger partial charge >= 0.3 is 0 Å². The molecule has 1 amide bonds. The Labute approximate surface area is 122 Å². The molecule has 6 nitrogen and oxygen atoms in total. The summed E-state index contributed by atoms with van der Waals surface area (Å²) in [5.41, 5.74) is 6.54. The van der Waals surface area contributed by atoms with Gasteiger partial charge in [-0.25, -0.2) is 9.07 Å². The zero-order valence-electron chi connectivity index (χ0n) is 12.0. The summed E-state index contributed by atoms with van der Waals surface area (Å²) < 4.78 is 14.6. The largest absolute Gasteiger partial charge is 0.336 e. The Bertz CT molecular complexity index is 627. The molecule has 0 radical (unpaired) electrons. The highest BCUT2D eigenvalue weighted by Crippen LogP contribution is 2.07. The first kappa shape index (κ1) is 15.1. The Morgan fingerprint density at radius 2 is 2.29 bits per heavy atom. The number of carbonyl (C=O) groups is 1. The molecule has 1 unspecified atom stereocenters. The summed E-state index contributed by atoms with van der Waals surface area (Å²) in [5.74, 6) is -0.543. The minimum atomic E-state index is -0.305.